The Bertz CT molecular complexity index is 945. The molecule has 0 radical (unpaired) electrons. The van der Waals surface area contributed by atoms with Crippen LogP contribution in [-0.2, 0) is 0 Å². The number of halogens is 2. The molecular formula is C26H28Cl2. The average molecular weight is 411 g/mol. The lowest BCUT2D eigenvalue weighted by Crippen LogP contribution is -2.10. The van der Waals surface area contributed by atoms with E-state index in [1.807, 2.05) is 0 Å². The fraction of sp³-hybridized carbons (Fsp3) is 0.462. The van der Waals surface area contributed by atoms with E-state index in [9.17, 15) is 0 Å². The van der Waals surface area contributed by atoms with E-state index in [1.165, 1.54) is 91.3 Å². The molecule has 2 aliphatic rings. The van der Waals surface area contributed by atoms with Gasteiger partial charge < -0.3 is 0 Å². The van der Waals surface area contributed by atoms with E-state index in [1.54, 1.807) is 5.56 Å². The zero-order valence-electron chi connectivity index (χ0n) is 16.4. The predicted molar refractivity (Wildman–Crippen MR) is 123 cm³/mol. The zero-order chi connectivity index (χ0) is 19.1. The quantitative estimate of drug-likeness (QED) is 0.368. The van der Waals surface area contributed by atoms with Gasteiger partial charge in [0.25, 0.3) is 0 Å². The first-order valence-electron chi connectivity index (χ1n) is 11.1. The lowest BCUT2D eigenvalue weighted by molar-refractivity contribution is 0.445. The number of rotatable bonds is 2. The van der Waals surface area contributed by atoms with Gasteiger partial charge in [-0.3, -0.25) is 0 Å². The van der Waals surface area contributed by atoms with Gasteiger partial charge in [0.1, 0.15) is 0 Å². The summed E-state index contributed by atoms with van der Waals surface area (Å²) in [6.45, 7) is 0. The molecule has 0 spiro atoms. The third-order valence-electron chi connectivity index (χ3n) is 7.15. The van der Waals surface area contributed by atoms with Crippen molar-refractivity contribution >= 4 is 44.7 Å². The minimum Gasteiger partial charge on any atom is -0.0843 e. The molecule has 0 saturated heterocycles. The Hall–Kier alpha value is -1.24. The van der Waals surface area contributed by atoms with Crippen LogP contribution in [0.1, 0.15) is 87.2 Å². The van der Waals surface area contributed by atoms with E-state index in [0.29, 0.717) is 11.8 Å². The van der Waals surface area contributed by atoms with Crippen molar-refractivity contribution < 1.29 is 0 Å². The maximum Gasteiger partial charge on any atom is 0.0412 e. The average Bonchev–Trinajstić information content (AvgIpc) is 2.73. The fourth-order valence-corrected chi connectivity index (χ4v) is 6.24. The van der Waals surface area contributed by atoms with Crippen LogP contribution in [0.4, 0.5) is 0 Å². The van der Waals surface area contributed by atoms with Crippen LogP contribution < -0.4 is 0 Å². The van der Waals surface area contributed by atoms with Gasteiger partial charge in [-0.25, -0.2) is 0 Å². The van der Waals surface area contributed by atoms with Gasteiger partial charge in [0.15, 0.2) is 0 Å². The van der Waals surface area contributed by atoms with Crippen LogP contribution in [-0.4, -0.2) is 0 Å². The molecule has 0 heterocycles. The molecule has 0 aliphatic heterocycles. The van der Waals surface area contributed by atoms with Crippen LogP contribution >= 0.6 is 23.2 Å². The van der Waals surface area contributed by atoms with Crippen LogP contribution in [0.2, 0.25) is 10.0 Å². The van der Waals surface area contributed by atoms with E-state index in [2.05, 4.69) is 36.4 Å². The normalized spacial score (nSPS) is 19.5. The van der Waals surface area contributed by atoms with Gasteiger partial charge in [-0.1, -0.05) is 73.9 Å². The second-order valence-corrected chi connectivity index (χ2v) is 9.75. The molecule has 0 amide bonds. The Balaban J connectivity index is 1.86. The molecule has 28 heavy (non-hydrogen) atoms. The van der Waals surface area contributed by atoms with Crippen molar-refractivity contribution in [1.29, 1.82) is 0 Å². The molecule has 3 aromatic carbocycles. The smallest absolute Gasteiger partial charge is 0.0412 e. The topological polar surface area (TPSA) is 0 Å². The standard InChI is InChI=1S/C26H28Cl2/c27-19-11-13-21-23(15-19)26(18-9-5-2-6-10-18)24-16-20(28)12-14-22(24)25(21)17-7-3-1-4-8-17/h11-18H,1-10H2. The summed E-state index contributed by atoms with van der Waals surface area (Å²) in [7, 11) is 0. The first-order chi connectivity index (χ1) is 13.7. The summed E-state index contributed by atoms with van der Waals surface area (Å²) < 4.78 is 0. The molecule has 0 atom stereocenters. The molecule has 2 fully saturated rings. The van der Waals surface area contributed by atoms with Crippen LogP contribution in [0.5, 0.6) is 0 Å². The van der Waals surface area contributed by atoms with Gasteiger partial charge >= 0.3 is 0 Å². The second kappa shape index (κ2) is 7.88. The van der Waals surface area contributed by atoms with E-state index < -0.39 is 0 Å². The SMILES string of the molecule is Clc1ccc2c(C3CCCCC3)c3ccc(Cl)cc3c(C3CCCCC3)c2c1. The Morgan fingerprint density at radius 1 is 0.500 bits per heavy atom. The van der Waals surface area contributed by atoms with Crippen molar-refractivity contribution in [3.8, 4) is 0 Å². The molecule has 2 heteroatoms. The molecule has 2 aliphatic carbocycles. The minimum absolute atomic E-state index is 0.621. The molecule has 0 bridgehead atoms. The van der Waals surface area contributed by atoms with Crippen LogP contribution in [0.15, 0.2) is 36.4 Å². The molecule has 5 rings (SSSR count). The summed E-state index contributed by atoms with van der Waals surface area (Å²) in [6, 6.07) is 13.2. The van der Waals surface area contributed by atoms with Gasteiger partial charge in [0.2, 0.25) is 0 Å². The summed E-state index contributed by atoms with van der Waals surface area (Å²) in [5.41, 5.74) is 3.06. The van der Waals surface area contributed by atoms with Gasteiger partial charge in [0, 0.05) is 10.0 Å². The number of hydrogen-bond donors (Lipinski definition) is 0. The Morgan fingerprint density at radius 3 is 1.32 bits per heavy atom. The zero-order valence-corrected chi connectivity index (χ0v) is 18.0. The molecule has 146 valence electrons. The van der Waals surface area contributed by atoms with Crippen molar-refractivity contribution in [2.75, 3.05) is 0 Å². The fourth-order valence-electron chi connectivity index (χ4n) is 5.90. The van der Waals surface area contributed by atoms with E-state index in [4.69, 9.17) is 23.2 Å². The minimum atomic E-state index is 0.621. The molecule has 0 unspecified atom stereocenters. The van der Waals surface area contributed by atoms with Gasteiger partial charge in [-0.15, -0.1) is 0 Å². The third-order valence-corrected chi connectivity index (χ3v) is 7.62. The van der Waals surface area contributed by atoms with E-state index in [0.717, 1.165) is 10.0 Å². The second-order valence-electron chi connectivity index (χ2n) is 8.88. The largest absolute Gasteiger partial charge is 0.0843 e. The van der Waals surface area contributed by atoms with Crippen molar-refractivity contribution in [2.24, 2.45) is 0 Å². The molecule has 0 N–H and O–H groups in total. The highest BCUT2D eigenvalue weighted by atomic mass is 35.5. The Kier molecular flexibility index (Phi) is 5.28. The molecule has 2 saturated carbocycles. The van der Waals surface area contributed by atoms with Crippen molar-refractivity contribution in [1.82, 2.24) is 0 Å². The molecule has 0 nitrogen and oxygen atoms in total. The molecule has 0 aromatic heterocycles. The van der Waals surface area contributed by atoms with Gasteiger partial charge in [-0.2, -0.15) is 0 Å². The third kappa shape index (κ3) is 3.33. The van der Waals surface area contributed by atoms with E-state index >= 15 is 0 Å². The van der Waals surface area contributed by atoms with Crippen molar-refractivity contribution in [2.45, 2.75) is 76.0 Å². The summed E-state index contributed by atoms with van der Waals surface area (Å²) in [4.78, 5) is 0. The highest BCUT2D eigenvalue weighted by Crippen LogP contribution is 2.47. The highest BCUT2D eigenvalue weighted by molar-refractivity contribution is 6.32. The van der Waals surface area contributed by atoms with Crippen LogP contribution in [0.25, 0.3) is 21.5 Å². The lowest BCUT2D eigenvalue weighted by Gasteiger charge is -2.30. The monoisotopic (exact) mass is 410 g/mol. The summed E-state index contributed by atoms with van der Waals surface area (Å²) >= 11 is 13.0. The molecule has 3 aromatic rings. The summed E-state index contributed by atoms with van der Waals surface area (Å²) in [6.07, 6.45) is 13.3. The highest BCUT2D eigenvalue weighted by Gasteiger charge is 2.26. The predicted octanol–water partition coefficient (Wildman–Crippen LogP) is 9.40. The maximum absolute atomic E-state index is 6.52. The number of benzene rings is 3. The first kappa shape index (κ1) is 18.8. The Labute approximate surface area is 178 Å². The van der Waals surface area contributed by atoms with Crippen molar-refractivity contribution in [3.63, 3.8) is 0 Å². The maximum atomic E-state index is 6.52. The summed E-state index contributed by atoms with van der Waals surface area (Å²) in [5, 5.41) is 7.34. The van der Waals surface area contributed by atoms with Gasteiger partial charge in [0.05, 0.1) is 0 Å². The summed E-state index contributed by atoms with van der Waals surface area (Å²) in [5.74, 6) is 1.28. The first-order valence-corrected chi connectivity index (χ1v) is 11.8. The lowest BCUT2D eigenvalue weighted by atomic mass is 9.75. The van der Waals surface area contributed by atoms with E-state index in [-0.39, 0.29) is 0 Å². The number of hydrogen-bond acceptors (Lipinski definition) is 0. The van der Waals surface area contributed by atoms with Crippen LogP contribution in [0, 0.1) is 0 Å². The van der Waals surface area contributed by atoms with Crippen LogP contribution in [0.3, 0.4) is 0 Å². The van der Waals surface area contributed by atoms with Crippen molar-refractivity contribution in [3.05, 3.63) is 57.6 Å². The molecular weight excluding hydrogens is 383 g/mol. The Morgan fingerprint density at radius 2 is 0.893 bits per heavy atom. The number of fused-ring (bicyclic) bond motifs is 2. The van der Waals surface area contributed by atoms with Gasteiger partial charge in [-0.05, 0) is 94.5 Å².